The summed E-state index contributed by atoms with van der Waals surface area (Å²) >= 11 is 1.56. The van der Waals surface area contributed by atoms with Gasteiger partial charge in [-0.25, -0.2) is 8.42 Å². The van der Waals surface area contributed by atoms with Gasteiger partial charge in [0.1, 0.15) is 0 Å². The standard InChI is InChI=1S/C16H26N2O3S2/c1-12-8-16(13(2)22-12)23(19,20)18-10-14-4-5-15(11-18)17(9-14)6-7-21-3/h8,14-15H,4-7,9-11H2,1-3H3/t14-,15-/m1/s1. The Labute approximate surface area is 143 Å². The van der Waals surface area contributed by atoms with E-state index in [1.54, 1.807) is 22.8 Å². The maximum atomic E-state index is 13.1. The van der Waals surface area contributed by atoms with E-state index in [9.17, 15) is 8.42 Å². The van der Waals surface area contributed by atoms with Crippen LogP contribution in [0.4, 0.5) is 0 Å². The number of hydrogen-bond acceptors (Lipinski definition) is 5. The SMILES string of the molecule is COCCN1C[C@H]2CC[C@@H]1CN(S(=O)(=O)c1cc(C)sc1C)C2. The Balaban J connectivity index is 1.83. The molecule has 2 bridgehead atoms. The molecule has 0 amide bonds. The molecular weight excluding hydrogens is 332 g/mol. The maximum absolute atomic E-state index is 13.1. The predicted octanol–water partition coefficient (Wildman–Crippen LogP) is 2.10. The lowest BCUT2D eigenvalue weighted by atomic mass is 9.95. The van der Waals surface area contributed by atoms with Crippen molar-refractivity contribution in [2.45, 2.75) is 37.6 Å². The summed E-state index contributed by atoms with van der Waals surface area (Å²) in [5.74, 6) is 0.431. The molecule has 23 heavy (non-hydrogen) atoms. The summed E-state index contributed by atoms with van der Waals surface area (Å²) in [6, 6.07) is 2.14. The van der Waals surface area contributed by atoms with Crippen molar-refractivity contribution in [2.24, 2.45) is 5.92 Å². The van der Waals surface area contributed by atoms with Crippen LogP contribution in [0.5, 0.6) is 0 Å². The molecule has 0 N–H and O–H groups in total. The van der Waals surface area contributed by atoms with Crippen LogP contribution in [0.3, 0.4) is 0 Å². The number of piperidine rings is 1. The van der Waals surface area contributed by atoms with Gasteiger partial charge in [0, 0.05) is 49.1 Å². The summed E-state index contributed by atoms with van der Waals surface area (Å²) in [5, 5.41) is 0. The summed E-state index contributed by atoms with van der Waals surface area (Å²) < 4.78 is 33.1. The van der Waals surface area contributed by atoms with E-state index in [-0.39, 0.29) is 0 Å². The third-order valence-electron chi connectivity index (χ3n) is 4.99. The quantitative estimate of drug-likeness (QED) is 0.809. The van der Waals surface area contributed by atoms with E-state index in [4.69, 9.17) is 4.74 Å². The van der Waals surface area contributed by atoms with Gasteiger partial charge in [0.15, 0.2) is 0 Å². The Hall–Kier alpha value is -0.470. The van der Waals surface area contributed by atoms with E-state index in [1.807, 2.05) is 19.9 Å². The summed E-state index contributed by atoms with van der Waals surface area (Å²) in [6.45, 7) is 7.72. The first-order valence-electron chi connectivity index (χ1n) is 8.22. The molecule has 3 aliphatic heterocycles. The van der Waals surface area contributed by atoms with Crippen LogP contribution in [0, 0.1) is 19.8 Å². The molecule has 0 aliphatic carbocycles. The number of nitrogens with zero attached hydrogens (tertiary/aromatic N) is 2. The first kappa shape index (κ1) is 17.4. The Morgan fingerprint density at radius 2 is 2.04 bits per heavy atom. The highest BCUT2D eigenvalue weighted by molar-refractivity contribution is 7.89. The highest BCUT2D eigenvalue weighted by Crippen LogP contribution is 2.33. The van der Waals surface area contributed by atoms with E-state index >= 15 is 0 Å². The second kappa shape index (κ2) is 6.80. The van der Waals surface area contributed by atoms with E-state index in [1.165, 1.54) is 0 Å². The minimum absolute atomic E-state index is 0.318. The second-order valence-electron chi connectivity index (χ2n) is 6.68. The molecule has 0 unspecified atom stereocenters. The molecule has 4 heterocycles. The Morgan fingerprint density at radius 1 is 1.26 bits per heavy atom. The fraction of sp³-hybridized carbons (Fsp3) is 0.750. The van der Waals surface area contributed by atoms with Gasteiger partial charge in [-0.1, -0.05) is 0 Å². The topological polar surface area (TPSA) is 49.9 Å². The molecule has 4 rings (SSSR count). The molecule has 1 aromatic heterocycles. The third kappa shape index (κ3) is 3.49. The van der Waals surface area contributed by atoms with Gasteiger partial charge in [-0.15, -0.1) is 11.3 Å². The molecular formula is C16H26N2O3S2. The molecule has 0 saturated carbocycles. The van der Waals surface area contributed by atoms with Crippen molar-refractivity contribution in [3.8, 4) is 0 Å². The van der Waals surface area contributed by atoms with Gasteiger partial charge in [-0.3, -0.25) is 4.90 Å². The maximum Gasteiger partial charge on any atom is 0.244 e. The van der Waals surface area contributed by atoms with Crippen molar-refractivity contribution in [1.29, 1.82) is 0 Å². The van der Waals surface area contributed by atoms with Crippen molar-refractivity contribution >= 4 is 21.4 Å². The van der Waals surface area contributed by atoms with Crippen molar-refractivity contribution < 1.29 is 13.2 Å². The molecule has 3 fully saturated rings. The Bertz CT molecular complexity index is 656. The molecule has 0 aromatic carbocycles. The van der Waals surface area contributed by atoms with Crippen molar-refractivity contribution in [3.63, 3.8) is 0 Å². The van der Waals surface area contributed by atoms with Crippen LogP contribution in [0.1, 0.15) is 22.6 Å². The fourth-order valence-electron chi connectivity index (χ4n) is 3.82. The fourth-order valence-corrected chi connectivity index (χ4v) is 6.89. The number of fused-ring (bicyclic) bond motifs is 4. The van der Waals surface area contributed by atoms with Gasteiger partial charge in [0.05, 0.1) is 11.5 Å². The second-order valence-corrected chi connectivity index (χ2v) is 10.1. The van der Waals surface area contributed by atoms with Crippen LogP contribution in [0.25, 0.3) is 0 Å². The number of hydrogen-bond donors (Lipinski definition) is 0. The molecule has 7 heteroatoms. The lowest BCUT2D eigenvalue weighted by molar-refractivity contribution is 0.0881. The minimum atomic E-state index is -3.38. The minimum Gasteiger partial charge on any atom is -0.383 e. The predicted molar refractivity (Wildman–Crippen MR) is 92.5 cm³/mol. The van der Waals surface area contributed by atoms with Gasteiger partial charge >= 0.3 is 0 Å². The molecule has 2 atom stereocenters. The molecule has 0 radical (unpaired) electrons. The van der Waals surface area contributed by atoms with E-state index in [0.29, 0.717) is 36.6 Å². The third-order valence-corrected chi connectivity index (χ3v) is 8.04. The molecule has 0 spiro atoms. The first-order valence-corrected chi connectivity index (χ1v) is 10.5. The summed E-state index contributed by atoms with van der Waals surface area (Å²) in [6.07, 6.45) is 2.21. The number of thiophene rings is 1. The normalized spacial score (nSPS) is 26.6. The molecule has 1 aromatic rings. The number of ether oxygens (including phenoxy) is 1. The number of methoxy groups -OCH3 is 1. The number of aryl methyl sites for hydroxylation is 2. The zero-order chi connectivity index (χ0) is 16.6. The van der Waals surface area contributed by atoms with Gasteiger partial charge in [-0.05, 0) is 38.7 Å². The lowest BCUT2D eigenvalue weighted by Gasteiger charge is -2.35. The van der Waals surface area contributed by atoms with E-state index in [2.05, 4.69) is 4.90 Å². The summed E-state index contributed by atoms with van der Waals surface area (Å²) in [5.41, 5.74) is 0. The van der Waals surface area contributed by atoms with Gasteiger partial charge in [0.25, 0.3) is 0 Å². The van der Waals surface area contributed by atoms with Crippen LogP contribution >= 0.6 is 11.3 Å². The molecule has 130 valence electrons. The summed E-state index contributed by atoms with van der Waals surface area (Å²) in [7, 11) is -1.66. The van der Waals surface area contributed by atoms with Crippen LogP contribution in [-0.4, -0.2) is 63.6 Å². The average molecular weight is 359 g/mol. The molecule has 5 nitrogen and oxygen atoms in total. The Morgan fingerprint density at radius 3 is 2.70 bits per heavy atom. The monoisotopic (exact) mass is 358 g/mol. The Kier molecular flexibility index (Phi) is 5.13. The zero-order valence-corrected chi connectivity index (χ0v) is 15.8. The summed E-state index contributed by atoms with van der Waals surface area (Å²) in [4.78, 5) is 4.87. The largest absolute Gasteiger partial charge is 0.383 e. The number of rotatable bonds is 5. The molecule has 3 saturated heterocycles. The van der Waals surface area contributed by atoms with Crippen LogP contribution in [-0.2, 0) is 14.8 Å². The zero-order valence-electron chi connectivity index (χ0n) is 14.1. The average Bonchev–Trinajstić information content (AvgIpc) is 2.69. The van der Waals surface area contributed by atoms with Crippen LogP contribution in [0.15, 0.2) is 11.0 Å². The van der Waals surface area contributed by atoms with Crippen LogP contribution < -0.4 is 0 Å². The lowest BCUT2D eigenvalue weighted by Crippen LogP contribution is -2.45. The highest BCUT2D eigenvalue weighted by atomic mass is 32.2. The van der Waals surface area contributed by atoms with Gasteiger partial charge in [0.2, 0.25) is 10.0 Å². The van der Waals surface area contributed by atoms with Crippen molar-refractivity contribution in [3.05, 3.63) is 15.8 Å². The smallest absolute Gasteiger partial charge is 0.244 e. The first-order chi connectivity index (χ1) is 10.9. The van der Waals surface area contributed by atoms with Crippen molar-refractivity contribution in [2.75, 3.05) is 39.9 Å². The van der Waals surface area contributed by atoms with Gasteiger partial charge < -0.3 is 4.74 Å². The number of sulfonamides is 1. The van der Waals surface area contributed by atoms with E-state index in [0.717, 1.165) is 35.7 Å². The highest BCUT2D eigenvalue weighted by Gasteiger charge is 2.39. The van der Waals surface area contributed by atoms with Crippen molar-refractivity contribution in [1.82, 2.24) is 9.21 Å². The van der Waals surface area contributed by atoms with E-state index < -0.39 is 10.0 Å². The van der Waals surface area contributed by atoms with Gasteiger partial charge in [-0.2, -0.15) is 4.31 Å². The van der Waals surface area contributed by atoms with Crippen LogP contribution in [0.2, 0.25) is 0 Å². The molecule has 3 aliphatic rings.